The van der Waals surface area contributed by atoms with E-state index in [0.717, 1.165) is 29.8 Å². The van der Waals surface area contributed by atoms with E-state index in [1.54, 1.807) is 0 Å². The van der Waals surface area contributed by atoms with Crippen LogP contribution in [0.25, 0.3) is 0 Å². The number of hydrogen-bond acceptors (Lipinski definition) is 2. The molecule has 0 saturated heterocycles. The molecule has 0 radical (unpaired) electrons. The summed E-state index contributed by atoms with van der Waals surface area (Å²) in [7, 11) is 2.14. The summed E-state index contributed by atoms with van der Waals surface area (Å²) in [4.78, 5) is 2.31. The summed E-state index contributed by atoms with van der Waals surface area (Å²) in [5.74, 6) is 0. The summed E-state index contributed by atoms with van der Waals surface area (Å²) in [6, 6.07) is 16.6. The predicted molar refractivity (Wildman–Crippen MR) is 93.1 cm³/mol. The van der Waals surface area contributed by atoms with Gasteiger partial charge in [0.1, 0.15) is 0 Å². The molecular formula is C16H18Br2N2. The molecule has 0 bridgehead atoms. The van der Waals surface area contributed by atoms with Gasteiger partial charge in [-0.25, -0.2) is 0 Å². The Hall–Kier alpha value is -0.840. The van der Waals surface area contributed by atoms with Gasteiger partial charge in [-0.2, -0.15) is 0 Å². The molecule has 0 aromatic heterocycles. The lowest BCUT2D eigenvalue weighted by Gasteiger charge is -2.18. The summed E-state index contributed by atoms with van der Waals surface area (Å²) in [5.41, 5.74) is 2.47. The standard InChI is InChI=1S/C16H18Br2N2/c1-20(12-13-4-2-3-5-16(13)18)11-10-19-15-8-6-14(17)7-9-15/h2-9,19H,10-12H2,1H3. The van der Waals surface area contributed by atoms with Crippen molar-refractivity contribution in [2.24, 2.45) is 0 Å². The Balaban J connectivity index is 1.76. The monoisotopic (exact) mass is 396 g/mol. The maximum absolute atomic E-state index is 3.59. The fourth-order valence-corrected chi connectivity index (χ4v) is 2.63. The summed E-state index contributed by atoms with van der Waals surface area (Å²) in [6.45, 7) is 2.88. The van der Waals surface area contributed by atoms with Crippen molar-refractivity contribution in [2.45, 2.75) is 6.54 Å². The molecule has 2 nitrogen and oxygen atoms in total. The minimum Gasteiger partial charge on any atom is -0.384 e. The van der Waals surface area contributed by atoms with E-state index in [-0.39, 0.29) is 0 Å². The van der Waals surface area contributed by atoms with Gasteiger partial charge in [-0.05, 0) is 42.9 Å². The van der Waals surface area contributed by atoms with Gasteiger partial charge in [0, 0.05) is 34.3 Å². The summed E-state index contributed by atoms with van der Waals surface area (Å²) >= 11 is 7.03. The van der Waals surface area contributed by atoms with Crippen LogP contribution in [0.1, 0.15) is 5.56 Å². The molecule has 0 fully saturated rings. The van der Waals surface area contributed by atoms with Crippen LogP contribution in [0.5, 0.6) is 0 Å². The molecule has 0 aliphatic heterocycles. The van der Waals surface area contributed by atoms with Crippen molar-refractivity contribution >= 4 is 37.5 Å². The van der Waals surface area contributed by atoms with Crippen molar-refractivity contribution in [3.63, 3.8) is 0 Å². The van der Waals surface area contributed by atoms with Crippen molar-refractivity contribution < 1.29 is 0 Å². The topological polar surface area (TPSA) is 15.3 Å². The van der Waals surface area contributed by atoms with Crippen LogP contribution >= 0.6 is 31.9 Å². The molecule has 0 aliphatic carbocycles. The van der Waals surface area contributed by atoms with Gasteiger partial charge in [-0.15, -0.1) is 0 Å². The van der Waals surface area contributed by atoms with Crippen molar-refractivity contribution in [3.8, 4) is 0 Å². The summed E-state index contributed by atoms with van der Waals surface area (Å²) in [5, 5.41) is 3.43. The Morgan fingerprint density at radius 2 is 1.70 bits per heavy atom. The van der Waals surface area contributed by atoms with Crippen molar-refractivity contribution in [2.75, 3.05) is 25.5 Å². The lowest BCUT2D eigenvalue weighted by Crippen LogP contribution is -2.24. The minimum absolute atomic E-state index is 0.933. The average Bonchev–Trinajstić information content (AvgIpc) is 2.44. The van der Waals surface area contributed by atoms with Gasteiger partial charge in [0.25, 0.3) is 0 Å². The first-order valence-electron chi connectivity index (χ1n) is 6.56. The molecule has 0 saturated carbocycles. The van der Waals surface area contributed by atoms with Crippen LogP contribution in [0.15, 0.2) is 57.5 Å². The highest BCUT2D eigenvalue weighted by molar-refractivity contribution is 9.10. The van der Waals surface area contributed by atoms with E-state index in [2.05, 4.69) is 79.5 Å². The number of nitrogens with zero attached hydrogens (tertiary/aromatic N) is 1. The van der Waals surface area contributed by atoms with Crippen LogP contribution in [0, 0.1) is 0 Å². The number of halogens is 2. The van der Waals surface area contributed by atoms with Crippen LogP contribution in [0.3, 0.4) is 0 Å². The molecule has 106 valence electrons. The van der Waals surface area contributed by atoms with Crippen LogP contribution in [0.4, 0.5) is 5.69 Å². The predicted octanol–water partition coefficient (Wildman–Crippen LogP) is 4.76. The zero-order valence-corrected chi connectivity index (χ0v) is 14.6. The maximum Gasteiger partial charge on any atom is 0.0341 e. The van der Waals surface area contributed by atoms with Gasteiger partial charge in [-0.1, -0.05) is 50.1 Å². The van der Waals surface area contributed by atoms with Gasteiger partial charge < -0.3 is 10.2 Å². The lowest BCUT2D eigenvalue weighted by atomic mass is 10.2. The Bertz CT molecular complexity index is 540. The Labute approximate surface area is 137 Å². The quantitative estimate of drug-likeness (QED) is 0.756. The van der Waals surface area contributed by atoms with Crippen LogP contribution in [-0.2, 0) is 6.54 Å². The second-order valence-electron chi connectivity index (χ2n) is 4.76. The van der Waals surface area contributed by atoms with Gasteiger partial charge in [0.15, 0.2) is 0 Å². The Kier molecular flexibility index (Phi) is 6.07. The van der Waals surface area contributed by atoms with Crippen molar-refractivity contribution in [3.05, 3.63) is 63.0 Å². The molecule has 0 atom stereocenters. The van der Waals surface area contributed by atoms with E-state index < -0.39 is 0 Å². The zero-order chi connectivity index (χ0) is 14.4. The third kappa shape index (κ3) is 4.93. The first-order chi connectivity index (χ1) is 9.65. The number of likely N-dealkylation sites (N-methyl/N-ethyl adjacent to an activating group) is 1. The van der Waals surface area contributed by atoms with Gasteiger partial charge in [0.05, 0.1) is 0 Å². The molecule has 0 heterocycles. The third-order valence-electron chi connectivity index (χ3n) is 3.06. The van der Waals surface area contributed by atoms with E-state index in [1.165, 1.54) is 10.0 Å². The number of nitrogens with one attached hydrogen (secondary N) is 1. The van der Waals surface area contributed by atoms with Crippen LogP contribution in [-0.4, -0.2) is 25.0 Å². The maximum atomic E-state index is 3.59. The summed E-state index contributed by atoms with van der Waals surface area (Å²) < 4.78 is 2.28. The van der Waals surface area contributed by atoms with Crippen molar-refractivity contribution in [1.82, 2.24) is 4.90 Å². The molecule has 0 unspecified atom stereocenters. The summed E-state index contributed by atoms with van der Waals surface area (Å²) in [6.07, 6.45) is 0. The van der Waals surface area contributed by atoms with Crippen LogP contribution < -0.4 is 5.32 Å². The Morgan fingerprint density at radius 1 is 1.00 bits per heavy atom. The SMILES string of the molecule is CN(CCNc1ccc(Br)cc1)Cc1ccccc1Br. The Morgan fingerprint density at radius 3 is 2.40 bits per heavy atom. The second kappa shape index (κ2) is 7.81. The molecule has 4 heteroatoms. The highest BCUT2D eigenvalue weighted by Gasteiger charge is 2.03. The highest BCUT2D eigenvalue weighted by atomic mass is 79.9. The number of rotatable bonds is 6. The zero-order valence-electron chi connectivity index (χ0n) is 11.4. The first-order valence-corrected chi connectivity index (χ1v) is 8.15. The first kappa shape index (κ1) is 15.5. The van der Waals surface area contributed by atoms with Gasteiger partial charge >= 0.3 is 0 Å². The molecular weight excluding hydrogens is 380 g/mol. The fourth-order valence-electron chi connectivity index (χ4n) is 1.96. The van der Waals surface area contributed by atoms with Gasteiger partial charge in [-0.3, -0.25) is 0 Å². The lowest BCUT2D eigenvalue weighted by molar-refractivity contribution is 0.339. The molecule has 1 N–H and O–H groups in total. The number of anilines is 1. The fraction of sp³-hybridized carbons (Fsp3) is 0.250. The molecule has 2 aromatic rings. The van der Waals surface area contributed by atoms with E-state index in [4.69, 9.17) is 0 Å². The molecule has 2 rings (SSSR count). The normalized spacial score (nSPS) is 10.8. The van der Waals surface area contributed by atoms with E-state index in [9.17, 15) is 0 Å². The smallest absolute Gasteiger partial charge is 0.0341 e. The van der Waals surface area contributed by atoms with Gasteiger partial charge in [0.2, 0.25) is 0 Å². The van der Waals surface area contributed by atoms with Crippen molar-refractivity contribution in [1.29, 1.82) is 0 Å². The molecule has 2 aromatic carbocycles. The van der Waals surface area contributed by atoms with E-state index in [1.807, 2.05) is 18.2 Å². The largest absolute Gasteiger partial charge is 0.384 e. The molecule has 0 amide bonds. The second-order valence-corrected chi connectivity index (χ2v) is 6.53. The molecule has 20 heavy (non-hydrogen) atoms. The number of hydrogen-bond donors (Lipinski definition) is 1. The number of benzene rings is 2. The third-order valence-corrected chi connectivity index (χ3v) is 4.37. The highest BCUT2D eigenvalue weighted by Crippen LogP contribution is 2.17. The van der Waals surface area contributed by atoms with Crippen LogP contribution in [0.2, 0.25) is 0 Å². The van der Waals surface area contributed by atoms with E-state index in [0.29, 0.717) is 0 Å². The van der Waals surface area contributed by atoms with E-state index >= 15 is 0 Å². The molecule has 0 spiro atoms. The molecule has 0 aliphatic rings. The average molecular weight is 398 g/mol. The minimum atomic E-state index is 0.933.